The molecule has 2 aromatic rings. The number of hydrogen-bond donors (Lipinski definition) is 1. The first-order chi connectivity index (χ1) is 9.22. The van der Waals surface area contributed by atoms with Crippen molar-refractivity contribution < 1.29 is 4.74 Å². The number of aromatic nitrogens is 2. The monoisotopic (exact) mass is 274 g/mol. The Bertz CT molecular complexity index is 630. The van der Waals surface area contributed by atoms with Crippen LogP contribution in [0.1, 0.15) is 11.3 Å². The Morgan fingerprint density at radius 2 is 2.11 bits per heavy atom. The van der Waals surface area contributed by atoms with E-state index in [0.29, 0.717) is 5.69 Å². The van der Waals surface area contributed by atoms with E-state index < -0.39 is 0 Å². The number of methoxy groups -OCH3 is 1. The Hall–Kier alpha value is -2.01. The second kappa shape index (κ2) is 6.24. The van der Waals surface area contributed by atoms with Gasteiger partial charge in [-0.15, -0.1) is 11.8 Å². The number of ether oxygens (including phenoxy) is 1. The molecule has 98 valence electrons. The standard InChI is InChI=1S/C14H14N2O2S/c1-18-13-9-12(19-2)7-4-10(13)3-5-11-6-8-14(17)16-15-11/h3-9H,1-2H3,(H,16,17)/b5-3+. The van der Waals surface area contributed by atoms with Crippen molar-refractivity contribution in [2.24, 2.45) is 0 Å². The molecule has 1 heterocycles. The summed E-state index contributed by atoms with van der Waals surface area (Å²) in [6.07, 6.45) is 5.75. The van der Waals surface area contributed by atoms with Gasteiger partial charge in [0.05, 0.1) is 12.8 Å². The zero-order chi connectivity index (χ0) is 13.7. The van der Waals surface area contributed by atoms with Crippen molar-refractivity contribution in [1.82, 2.24) is 10.2 Å². The van der Waals surface area contributed by atoms with Crippen LogP contribution < -0.4 is 10.3 Å². The van der Waals surface area contributed by atoms with Crippen molar-refractivity contribution >= 4 is 23.9 Å². The van der Waals surface area contributed by atoms with E-state index in [2.05, 4.69) is 10.2 Å². The van der Waals surface area contributed by atoms with E-state index >= 15 is 0 Å². The Balaban J connectivity index is 2.27. The Morgan fingerprint density at radius 3 is 2.74 bits per heavy atom. The molecule has 0 saturated carbocycles. The molecule has 0 bridgehead atoms. The summed E-state index contributed by atoms with van der Waals surface area (Å²) in [7, 11) is 1.65. The smallest absolute Gasteiger partial charge is 0.264 e. The van der Waals surface area contributed by atoms with Crippen LogP contribution in [0.15, 0.2) is 40.0 Å². The van der Waals surface area contributed by atoms with Crippen molar-refractivity contribution in [1.29, 1.82) is 0 Å². The fourth-order valence-electron chi connectivity index (χ4n) is 1.58. The van der Waals surface area contributed by atoms with E-state index in [1.165, 1.54) is 6.07 Å². The van der Waals surface area contributed by atoms with Crippen molar-refractivity contribution in [3.05, 3.63) is 51.9 Å². The van der Waals surface area contributed by atoms with E-state index in [-0.39, 0.29) is 5.56 Å². The summed E-state index contributed by atoms with van der Waals surface area (Å²) in [5.41, 5.74) is 1.45. The third kappa shape index (κ3) is 3.48. The topological polar surface area (TPSA) is 55.0 Å². The maximum atomic E-state index is 10.9. The first-order valence-corrected chi connectivity index (χ1v) is 6.91. The first-order valence-electron chi connectivity index (χ1n) is 5.69. The Morgan fingerprint density at radius 1 is 1.26 bits per heavy atom. The Kier molecular flexibility index (Phi) is 4.41. The van der Waals surface area contributed by atoms with Gasteiger partial charge in [0.2, 0.25) is 0 Å². The molecule has 0 atom stereocenters. The predicted octanol–water partition coefficient (Wildman–Crippen LogP) is 2.67. The maximum absolute atomic E-state index is 10.9. The lowest BCUT2D eigenvalue weighted by Gasteiger charge is -2.06. The van der Waals surface area contributed by atoms with Gasteiger partial charge in [-0.05, 0) is 36.6 Å². The van der Waals surface area contributed by atoms with Crippen LogP contribution in [-0.4, -0.2) is 23.6 Å². The highest BCUT2D eigenvalue weighted by molar-refractivity contribution is 7.98. The summed E-state index contributed by atoms with van der Waals surface area (Å²) in [6, 6.07) is 9.13. The third-order valence-electron chi connectivity index (χ3n) is 2.57. The zero-order valence-corrected chi connectivity index (χ0v) is 11.5. The number of nitrogens with zero attached hydrogens (tertiary/aromatic N) is 1. The fraction of sp³-hybridized carbons (Fsp3) is 0.143. The van der Waals surface area contributed by atoms with Crippen LogP contribution in [-0.2, 0) is 0 Å². The van der Waals surface area contributed by atoms with Crippen LogP contribution >= 0.6 is 11.8 Å². The lowest BCUT2D eigenvalue weighted by molar-refractivity contribution is 0.413. The highest BCUT2D eigenvalue weighted by Crippen LogP contribution is 2.26. The summed E-state index contributed by atoms with van der Waals surface area (Å²) >= 11 is 1.67. The molecule has 0 aliphatic rings. The highest BCUT2D eigenvalue weighted by Gasteiger charge is 2.01. The van der Waals surface area contributed by atoms with Crippen molar-refractivity contribution in [2.45, 2.75) is 4.90 Å². The van der Waals surface area contributed by atoms with Crippen molar-refractivity contribution in [2.75, 3.05) is 13.4 Å². The van der Waals surface area contributed by atoms with Gasteiger partial charge in [-0.25, -0.2) is 5.10 Å². The average Bonchev–Trinajstić information content (AvgIpc) is 2.46. The van der Waals surface area contributed by atoms with E-state index in [0.717, 1.165) is 16.2 Å². The number of hydrogen-bond acceptors (Lipinski definition) is 4. The van der Waals surface area contributed by atoms with E-state index in [4.69, 9.17) is 4.74 Å². The van der Waals surface area contributed by atoms with E-state index in [1.54, 1.807) is 24.9 Å². The molecule has 1 N–H and O–H groups in total. The normalized spacial score (nSPS) is 10.8. The van der Waals surface area contributed by atoms with Gasteiger partial charge in [-0.1, -0.05) is 6.07 Å². The molecule has 0 spiro atoms. The summed E-state index contributed by atoms with van der Waals surface area (Å²) in [6.45, 7) is 0. The van der Waals surface area contributed by atoms with Crippen LogP contribution in [0, 0.1) is 0 Å². The largest absolute Gasteiger partial charge is 0.496 e. The van der Waals surface area contributed by atoms with Gasteiger partial charge in [0.15, 0.2) is 0 Å². The molecular formula is C14H14N2O2S. The van der Waals surface area contributed by atoms with Crippen LogP contribution in [0.5, 0.6) is 5.75 Å². The number of aromatic amines is 1. The number of benzene rings is 1. The minimum Gasteiger partial charge on any atom is -0.496 e. The molecule has 19 heavy (non-hydrogen) atoms. The molecule has 1 aromatic heterocycles. The van der Waals surface area contributed by atoms with Crippen molar-refractivity contribution in [3.63, 3.8) is 0 Å². The second-order valence-electron chi connectivity index (χ2n) is 3.79. The molecule has 0 saturated heterocycles. The quantitative estimate of drug-likeness (QED) is 0.871. The van der Waals surface area contributed by atoms with Crippen LogP contribution in [0.2, 0.25) is 0 Å². The SMILES string of the molecule is COc1cc(SC)ccc1/C=C/c1ccc(=O)[nH]n1. The molecule has 0 radical (unpaired) electrons. The third-order valence-corrected chi connectivity index (χ3v) is 3.30. The van der Waals surface area contributed by atoms with Gasteiger partial charge in [-0.2, -0.15) is 5.10 Å². The molecular weight excluding hydrogens is 260 g/mol. The molecule has 1 aromatic carbocycles. The molecule has 5 heteroatoms. The Labute approximate surface area is 115 Å². The highest BCUT2D eigenvalue weighted by atomic mass is 32.2. The first kappa shape index (κ1) is 13.4. The minimum atomic E-state index is -0.209. The van der Waals surface area contributed by atoms with Gasteiger partial charge in [0.25, 0.3) is 5.56 Å². The second-order valence-corrected chi connectivity index (χ2v) is 4.67. The van der Waals surface area contributed by atoms with Gasteiger partial charge in [0, 0.05) is 16.5 Å². The lowest BCUT2D eigenvalue weighted by Crippen LogP contribution is -2.05. The molecule has 0 unspecified atom stereocenters. The van der Waals surface area contributed by atoms with Gasteiger partial charge in [-0.3, -0.25) is 4.79 Å². The molecule has 0 aliphatic heterocycles. The fourth-order valence-corrected chi connectivity index (χ4v) is 2.01. The van der Waals surface area contributed by atoms with Gasteiger partial charge in [0.1, 0.15) is 5.75 Å². The van der Waals surface area contributed by atoms with Crippen molar-refractivity contribution in [3.8, 4) is 5.75 Å². The van der Waals surface area contributed by atoms with E-state index in [9.17, 15) is 4.79 Å². The molecule has 0 aliphatic carbocycles. The molecule has 4 nitrogen and oxygen atoms in total. The summed E-state index contributed by atoms with van der Waals surface area (Å²) in [4.78, 5) is 12.1. The average molecular weight is 274 g/mol. The van der Waals surface area contributed by atoms with Gasteiger partial charge < -0.3 is 4.74 Å². The van der Waals surface area contributed by atoms with Gasteiger partial charge >= 0.3 is 0 Å². The summed E-state index contributed by atoms with van der Waals surface area (Å²) in [5.74, 6) is 0.813. The number of H-pyrrole nitrogens is 1. The maximum Gasteiger partial charge on any atom is 0.264 e. The predicted molar refractivity (Wildman–Crippen MR) is 78.6 cm³/mol. The summed E-state index contributed by atoms with van der Waals surface area (Å²) in [5, 5.41) is 6.30. The molecule has 0 amide bonds. The number of nitrogens with one attached hydrogen (secondary N) is 1. The zero-order valence-electron chi connectivity index (χ0n) is 10.7. The molecule has 2 rings (SSSR count). The van der Waals surface area contributed by atoms with Crippen LogP contribution in [0.3, 0.4) is 0 Å². The van der Waals surface area contributed by atoms with Crippen LogP contribution in [0.4, 0.5) is 0 Å². The lowest BCUT2D eigenvalue weighted by atomic mass is 10.1. The number of rotatable bonds is 4. The van der Waals surface area contributed by atoms with E-state index in [1.807, 2.05) is 36.6 Å². The molecule has 0 fully saturated rings. The van der Waals surface area contributed by atoms with Crippen LogP contribution in [0.25, 0.3) is 12.2 Å². The summed E-state index contributed by atoms with van der Waals surface area (Å²) < 4.78 is 5.35. The number of thioether (sulfide) groups is 1. The minimum absolute atomic E-state index is 0.209.